The smallest absolute Gasteiger partial charge is 0.0844 e. The van der Waals surface area contributed by atoms with Gasteiger partial charge in [-0.2, -0.15) is 0 Å². The van der Waals surface area contributed by atoms with Crippen molar-refractivity contribution < 1.29 is 0 Å². The molecule has 2 aromatic carbocycles. The van der Waals surface area contributed by atoms with Crippen LogP contribution in [0.2, 0.25) is 0 Å². The van der Waals surface area contributed by atoms with Gasteiger partial charge in [0, 0.05) is 9.86 Å². The Morgan fingerprint density at radius 2 is 1.78 bits per heavy atom. The number of aromatic nitrogens is 1. The highest BCUT2D eigenvalue weighted by Crippen LogP contribution is 2.38. The molecule has 0 unspecified atom stereocenters. The Bertz CT molecular complexity index is 976. The fourth-order valence-corrected chi connectivity index (χ4v) is 4.09. The van der Waals surface area contributed by atoms with Crippen molar-refractivity contribution in [2.45, 2.75) is 6.92 Å². The molecule has 0 fully saturated rings. The molecule has 0 spiro atoms. The predicted molar refractivity (Wildman–Crippen MR) is 103 cm³/mol. The van der Waals surface area contributed by atoms with Gasteiger partial charge in [-0.05, 0) is 53.3 Å². The van der Waals surface area contributed by atoms with Gasteiger partial charge in [0.2, 0.25) is 0 Å². The van der Waals surface area contributed by atoms with Crippen molar-refractivity contribution in [2.24, 2.45) is 0 Å². The lowest BCUT2D eigenvalue weighted by Gasteiger charge is -2.14. The third kappa shape index (κ3) is 2.60. The Hall–Kier alpha value is -1.97. The van der Waals surface area contributed by atoms with Crippen LogP contribution in [0.1, 0.15) is 5.56 Å². The van der Waals surface area contributed by atoms with Gasteiger partial charge < -0.3 is 0 Å². The van der Waals surface area contributed by atoms with E-state index in [9.17, 15) is 0 Å². The first-order valence-corrected chi connectivity index (χ1v) is 9.10. The fourth-order valence-electron chi connectivity index (χ4n) is 2.96. The summed E-state index contributed by atoms with van der Waals surface area (Å²) in [6.07, 6.45) is 0. The Labute approximate surface area is 147 Å². The summed E-state index contributed by atoms with van der Waals surface area (Å²) in [6.45, 7) is 2.17. The van der Waals surface area contributed by atoms with Crippen LogP contribution in [0.5, 0.6) is 0 Å². The number of pyridine rings is 1. The summed E-state index contributed by atoms with van der Waals surface area (Å²) in [7, 11) is 0. The molecule has 2 aromatic heterocycles. The van der Waals surface area contributed by atoms with Crippen molar-refractivity contribution in [3.63, 3.8) is 0 Å². The van der Waals surface area contributed by atoms with Crippen molar-refractivity contribution in [1.29, 1.82) is 0 Å². The van der Waals surface area contributed by atoms with E-state index in [1.54, 1.807) is 11.3 Å². The lowest BCUT2D eigenvalue weighted by Crippen LogP contribution is -1.94. The molecule has 0 atom stereocenters. The maximum Gasteiger partial charge on any atom is 0.0844 e. The fraction of sp³-hybridized carbons (Fsp3) is 0.0500. The molecule has 0 amide bonds. The first-order chi connectivity index (χ1) is 11.2. The monoisotopic (exact) mass is 379 g/mol. The second-order valence-electron chi connectivity index (χ2n) is 5.47. The van der Waals surface area contributed by atoms with E-state index in [1.165, 1.54) is 27.0 Å². The average molecular weight is 380 g/mol. The molecule has 2 heterocycles. The van der Waals surface area contributed by atoms with Crippen LogP contribution in [0.3, 0.4) is 0 Å². The van der Waals surface area contributed by atoms with E-state index in [0.717, 1.165) is 15.7 Å². The van der Waals surface area contributed by atoms with Crippen LogP contribution in [0.4, 0.5) is 0 Å². The summed E-state index contributed by atoms with van der Waals surface area (Å²) >= 11 is 5.33. The first kappa shape index (κ1) is 14.6. The number of halogens is 1. The van der Waals surface area contributed by atoms with Crippen LogP contribution < -0.4 is 0 Å². The molecule has 0 radical (unpaired) electrons. The Morgan fingerprint density at radius 3 is 2.52 bits per heavy atom. The third-order valence-electron chi connectivity index (χ3n) is 4.01. The molecule has 0 saturated heterocycles. The molecule has 0 aliphatic heterocycles. The normalized spacial score (nSPS) is 11.0. The van der Waals surface area contributed by atoms with Crippen molar-refractivity contribution >= 4 is 38.2 Å². The van der Waals surface area contributed by atoms with Crippen molar-refractivity contribution in [1.82, 2.24) is 4.98 Å². The second-order valence-corrected chi connectivity index (χ2v) is 7.33. The van der Waals surface area contributed by atoms with Gasteiger partial charge in [-0.25, -0.2) is 4.98 Å². The number of rotatable bonds is 2. The quantitative estimate of drug-likeness (QED) is 0.377. The molecule has 112 valence electrons. The molecule has 0 aliphatic rings. The van der Waals surface area contributed by atoms with Gasteiger partial charge in [0.05, 0.1) is 16.1 Å². The standard InChI is InChI=1S/C20H14BrNS/c1-13-19(14-6-3-2-4-7-14)16-12-15(21)9-10-17(16)22-20(13)18-8-5-11-23-18/h2-12H,1H3. The molecule has 4 rings (SSSR count). The Morgan fingerprint density at radius 1 is 0.957 bits per heavy atom. The van der Waals surface area contributed by atoms with E-state index in [-0.39, 0.29) is 0 Å². The summed E-state index contributed by atoms with van der Waals surface area (Å²) in [5.41, 5.74) is 5.83. The number of fused-ring (bicyclic) bond motifs is 1. The highest BCUT2D eigenvalue weighted by atomic mass is 79.9. The maximum absolute atomic E-state index is 4.93. The summed E-state index contributed by atoms with van der Waals surface area (Å²) in [4.78, 5) is 6.15. The van der Waals surface area contributed by atoms with E-state index < -0.39 is 0 Å². The number of benzene rings is 2. The molecule has 0 N–H and O–H groups in total. The number of nitrogens with zero attached hydrogens (tertiary/aromatic N) is 1. The highest BCUT2D eigenvalue weighted by Gasteiger charge is 2.15. The maximum atomic E-state index is 4.93. The van der Waals surface area contributed by atoms with Crippen LogP contribution in [-0.4, -0.2) is 4.98 Å². The zero-order valence-electron chi connectivity index (χ0n) is 12.6. The van der Waals surface area contributed by atoms with Crippen LogP contribution in [0, 0.1) is 6.92 Å². The lowest BCUT2D eigenvalue weighted by atomic mass is 9.94. The second kappa shape index (κ2) is 5.91. The summed E-state index contributed by atoms with van der Waals surface area (Å²) < 4.78 is 1.08. The van der Waals surface area contributed by atoms with Gasteiger partial charge in [0.15, 0.2) is 0 Å². The summed E-state index contributed by atoms with van der Waals surface area (Å²) in [5.74, 6) is 0. The molecule has 0 bridgehead atoms. The van der Waals surface area contributed by atoms with Crippen molar-refractivity contribution in [3.05, 3.63) is 76.1 Å². The number of hydrogen-bond acceptors (Lipinski definition) is 2. The predicted octanol–water partition coefficient (Wildman–Crippen LogP) is 6.70. The largest absolute Gasteiger partial charge is 0.247 e. The first-order valence-electron chi connectivity index (χ1n) is 7.43. The molecule has 3 heteroatoms. The van der Waals surface area contributed by atoms with Gasteiger partial charge in [-0.1, -0.05) is 52.3 Å². The van der Waals surface area contributed by atoms with Crippen LogP contribution in [-0.2, 0) is 0 Å². The Kier molecular flexibility index (Phi) is 3.76. The van der Waals surface area contributed by atoms with Gasteiger partial charge >= 0.3 is 0 Å². The average Bonchev–Trinajstić information content (AvgIpc) is 3.09. The topological polar surface area (TPSA) is 12.9 Å². The molecule has 0 aliphatic carbocycles. The minimum absolute atomic E-state index is 1.03. The van der Waals surface area contributed by atoms with Crippen LogP contribution in [0.25, 0.3) is 32.6 Å². The van der Waals surface area contributed by atoms with Crippen molar-refractivity contribution in [2.75, 3.05) is 0 Å². The molecule has 23 heavy (non-hydrogen) atoms. The molecular formula is C20H14BrNS. The van der Waals surface area contributed by atoms with Gasteiger partial charge in [-0.3, -0.25) is 0 Å². The molecular weight excluding hydrogens is 366 g/mol. The lowest BCUT2D eigenvalue weighted by molar-refractivity contribution is 1.34. The minimum atomic E-state index is 1.03. The van der Waals surface area contributed by atoms with E-state index in [0.29, 0.717) is 0 Å². The van der Waals surface area contributed by atoms with Crippen molar-refractivity contribution in [3.8, 4) is 21.7 Å². The number of thiophene rings is 1. The molecule has 4 aromatic rings. The van der Waals surface area contributed by atoms with Gasteiger partial charge in [0.25, 0.3) is 0 Å². The zero-order valence-corrected chi connectivity index (χ0v) is 15.0. The van der Waals surface area contributed by atoms with Crippen LogP contribution in [0.15, 0.2) is 70.5 Å². The van der Waals surface area contributed by atoms with E-state index in [2.05, 4.69) is 88.9 Å². The third-order valence-corrected chi connectivity index (χ3v) is 5.38. The van der Waals surface area contributed by atoms with Gasteiger partial charge in [-0.15, -0.1) is 11.3 Å². The molecule has 0 saturated carbocycles. The summed E-state index contributed by atoms with van der Waals surface area (Å²) in [5, 5.41) is 3.29. The van der Waals surface area contributed by atoms with Crippen LogP contribution >= 0.6 is 27.3 Å². The van der Waals surface area contributed by atoms with E-state index in [1.807, 2.05) is 0 Å². The van der Waals surface area contributed by atoms with E-state index >= 15 is 0 Å². The zero-order chi connectivity index (χ0) is 15.8. The number of hydrogen-bond donors (Lipinski definition) is 0. The summed E-state index contributed by atoms with van der Waals surface area (Å²) in [6, 6.07) is 21.1. The minimum Gasteiger partial charge on any atom is -0.247 e. The van der Waals surface area contributed by atoms with E-state index in [4.69, 9.17) is 4.98 Å². The molecule has 1 nitrogen and oxygen atoms in total. The van der Waals surface area contributed by atoms with Gasteiger partial charge in [0.1, 0.15) is 0 Å². The highest BCUT2D eigenvalue weighted by molar-refractivity contribution is 9.10. The SMILES string of the molecule is Cc1c(-c2cccs2)nc2ccc(Br)cc2c1-c1ccccc1. The Balaban J connectivity index is 2.12.